The predicted octanol–water partition coefficient (Wildman–Crippen LogP) is 2.74. The second-order valence-electron chi connectivity index (χ2n) is 7.44. The standard InChI is InChI=1S/C23H26N2O3/c26-22(20-10-5-4-9-19(20)17-18-7-2-1-3-8-18)24-12-14-25(15-13-24)23(27)21-11-6-16-28-21/h1-5,7-10,21H,6,11-17H2/t21-/m0/s1. The Labute approximate surface area is 165 Å². The highest BCUT2D eigenvalue weighted by molar-refractivity contribution is 5.96. The summed E-state index contributed by atoms with van der Waals surface area (Å²) in [4.78, 5) is 29.4. The molecule has 2 aliphatic heterocycles. The van der Waals surface area contributed by atoms with Gasteiger partial charge in [0.05, 0.1) is 0 Å². The van der Waals surface area contributed by atoms with Gasteiger partial charge in [-0.15, -0.1) is 0 Å². The first kappa shape index (κ1) is 18.7. The van der Waals surface area contributed by atoms with Crippen LogP contribution in [-0.4, -0.2) is 60.5 Å². The molecule has 1 atom stereocenters. The molecule has 0 radical (unpaired) electrons. The summed E-state index contributed by atoms with van der Waals surface area (Å²) in [6, 6.07) is 18.0. The van der Waals surface area contributed by atoms with Gasteiger partial charge in [0.2, 0.25) is 0 Å². The number of nitrogens with zero attached hydrogens (tertiary/aromatic N) is 2. The minimum atomic E-state index is -0.283. The van der Waals surface area contributed by atoms with E-state index < -0.39 is 0 Å². The van der Waals surface area contributed by atoms with Gasteiger partial charge in [-0.05, 0) is 36.5 Å². The van der Waals surface area contributed by atoms with Crippen LogP contribution in [0.2, 0.25) is 0 Å². The van der Waals surface area contributed by atoms with Gasteiger partial charge in [0.25, 0.3) is 11.8 Å². The van der Waals surface area contributed by atoms with Crippen molar-refractivity contribution in [2.45, 2.75) is 25.4 Å². The number of benzene rings is 2. The van der Waals surface area contributed by atoms with E-state index in [1.165, 1.54) is 5.56 Å². The van der Waals surface area contributed by atoms with Crippen molar-refractivity contribution in [3.63, 3.8) is 0 Å². The molecule has 2 aliphatic rings. The fraction of sp³-hybridized carbons (Fsp3) is 0.391. The summed E-state index contributed by atoms with van der Waals surface area (Å²) >= 11 is 0. The Morgan fingerprint density at radius 1 is 0.893 bits per heavy atom. The molecule has 4 rings (SSSR count). The Kier molecular flexibility index (Phi) is 5.72. The van der Waals surface area contributed by atoms with Crippen molar-refractivity contribution in [1.82, 2.24) is 9.80 Å². The number of amides is 2. The van der Waals surface area contributed by atoms with E-state index >= 15 is 0 Å². The normalized spacial score (nSPS) is 19.6. The van der Waals surface area contributed by atoms with Crippen LogP contribution in [0.15, 0.2) is 54.6 Å². The minimum absolute atomic E-state index is 0.0516. The average molecular weight is 378 g/mol. The molecule has 2 aromatic carbocycles. The molecule has 2 amide bonds. The predicted molar refractivity (Wildman–Crippen MR) is 107 cm³/mol. The summed E-state index contributed by atoms with van der Waals surface area (Å²) in [5, 5.41) is 0. The SMILES string of the molecule is O=C(c1ccccc1Cc1ccccc1)N1CCN(C(=O)[C@@H]2CCCO2)CC1. The number of piperazine rings is 1. The third-order valence-electron chi connectivity index (χ3n) is 5.57. The van der Waals surface area contributed by atoms with E-state index in [1.807, 2.05) is 52.3 Å². The maximum absolute atomic E-state index is 13.1. The monoisotopic (exact) mass is 378 g/mol. The maximum Gasteiger partial charge on any atom is 0.254 e. The highest BCUT2D eigenvalue weighted by Gasteiger charge is 2.31. The Morgan fingerprint density at radius 3 is 2.29 bits per heavy atom. The van der Waals surface area contributed by atoms with Crippen molar-refractivity contribution in [3.05, 3.63) is 71.3 Å². The van der Waals surface area contributed by atoms with Crippen LogP contribution in [0, 0.1) is 0 Å². The van der Waals surface area contributed by atoms with E-state index in [0.29, 0.717) is 32.8 Å². The molecule has 0 saturated carbocycles. The molecule has 0 unspecified atom stereocenters. The lowest BCUT2D eigenvalue weighted by molar-refractivity contribution is -0.142. The first-order chi connectivity index (χ1) is 13.7. The van der Waals surface area contributed by atoms with Crippen molar-refractivity contribution < 1.29 is 14.3 Å². The third-order valence-corrected chi connectivity index (χ3v) is 5.57. The molecule has 28 heavy (non-hydrogen) atoms. The molecule has 146 valence electrons. The number of carbonyl (C=O) groups is 2. The molecule has 5 heteroatoms. The highest BCUT2D eigenvalue weighted by Crippen LogP contribution is 2.19. The zero-order valence-corrected chi connectivity index (χ0v) is 16.0. The molecule has 2 aromatic rings. The molecular weight excluding hydrogens is 352 g/mol. The van der Waals surface area contributed by atoms with E-state index in [4.69, 9.17) is 4.74 Å². The van der Waals surface area contributed by atoms with Gasteiger partial charge < -0.3 is 14.5 Å². The topological polar surface area (TPSA) is 49.9 Å². The Morgan fingerprint density at radius 2 is 1.57 bits per heavy atom. The zero-order chi connectivity index (χ0) is 19.3. The van der Waals surface area contributed by atoms with E-state index in [9.17, 15) is 9.59 Å². The van der Waals surface area contributed by atoms with E-state index in [-0.39, 0.29) is 17.9 Å². The Balaban J connectivity index is 1.41. The number of ether oxygens (including phenoxy) is 1. The largest absolute Gasteiger partial charge is 0.368 e. The summed E-state index contributed by atoms with van der Waals surface area (Å²) in [5.41, 5.74) is 2.98. The summed E-state index contributed by atoms with van der Waals surface area (Å²) in [6.07, 6.45) is 2.21. The van der Waals surface area contributed by atoms with Crippen molar-refractivity contribution in [2.75, 3.05) is 32.8 Å². The maximum atomic E-state index is 13.1. The molecule has 0 aliphatic carbocycles. The smallest absolute Gasteiger partial charge is 0.254 e. The third kappa shape index (κ3) is 4.09. The van der Waals surface area contributed by atoms with Crippen molar-refractivity contribution >= 4 is 11.8 Å². The molecule has 2 saturated heterocycles. The van der Waals surface area contributed by atoms with Gasteiger partial charge in [-0.3, -0.25) is 9.59 Å². The lowest BCUT2D eigenvalue weighted by Crippen LogP contribution is -2.52. The van der Waals surface area contributed by atoms with Gasteiger partial charge in [-0.25, -0.2) is 0 Å². The van der Waals surface area contributed by atoms with Crippen LogP contribution in [0.5, 0.6) is 0 Å². The first-order valence-electron chi connectivity index (χ1n) is 10.0. The van der Waals surface area contributed by atoms with Crippen LogP contribution in [0.4, 0.5) is 0 Å². The van der Waals surface area contributed by atoms with Gasteiger partial charge in [0.1, 0.15) is 6.10 Å². The minimum Gasteiger partial charge on any atom is -0.368 e. The second-order valence-corrected chi connectivity index (χ2v) is 7.44. The summed E-state index contributed by atoms with van der Waals surface area (Å²) in [7, 11) is 0. The quantitative estimate of drug-likeness (QED) is 0.822. The summed E-state index contributed by atoms with van der Waals surface area (Å²) < 4.78 is 5.51. The van der Waals surface area contributed by atoms with Crippen LogP contribution >= 0.6 is 0 Å². The van der Waals surface area contributed by atoms with E-state index in [1.54, 1.807) is 0 Å². The number of carbonyl (C=O) groups excluding carboxylic acids is 2. The van der Waals surface area contributed by atoms with Gasteiger partial charge >= 0.3 is 0 Å². The summed E-state index contributed by atoms with van der Waals surface area (Å²) in [6.45, 7) is 2.96. The van der Waals surface area contributed by atoms with Crippen molar-refractivity contribution in [2.24, 2.45) is 0 Å². The van der Waals surface area contributed by atoms with Gasteiger partial charge in [0.15, 0.2) is 0 Å². The summed E-state index contributed by atoms with van der Waals surface area (Å²) in [5.74, 6) is 0.129. The molecule has 2 fully saturated rings. The van der Waals surface area contributed by atoms with Crippen LogP contribution in [0.25, 0.3) is 0 Å². The van der Waals surface area contributed by atoms with E-state index in [2.05, 4.69) is 12.1 Å². The van der Waals surface area contributed by atoms with Crippen LogP contribution in [0.1, 0.15) is 34.3 Å². The number of rotatable bonds is 4. The Hall–Kier alpha value is -2.66. The molecule has 0 N–H and O–H groups in total. The average Bonchev–Trinajstić information content (AvgIpc) is 3.29. The second kappa shape index (κ2) is 8.57. The molecule has 2 heterocycles. The van der Waals surface area contributed by atoms with Crippen LogP contribution in [0.3, 0.4) is 0 Å². The van der Waals surface area contributed by atoms with Crippen LogP contribution in [-0.2, 0) is 16.0 Å². The highest BCUT2D eigenvalue weighted by atomic mass is 16.5. The molecular formula is C23H26N2O3. The van der Waals surface area contributed by atoms with Crippen molar-refractivity contribution in [1.29, 1.82) is 0 Å². The van der Waals surface area contributed by atoms with Crippen molar-refractivity contribution in [3.8, 4) is 0 Å². The molecule has 0 bridgehead atoms. The zero-order valence-electron chi connectivity index (χ0n) is 16.0. The van der Waals surface area contributed by atoms with E-state index in [0.717, 1.165) is 30.4 Å². The fourth-order valence-electron chi connectivity index (χ4n) is 3.98. The van der Waals surface area contributed by atoms with Gasteiger partial charge in [-0.1, -0.05) is 48.5 Å². The molecule has 0 aromatic heterocycles. The van der Waals surface area contributed by atoms with Gasteiger partial charge in [0, 0.05) is 38.3 Å². The lowest BCUT2D eigenvalue weighted by atomic mass is 9.99. The van der Waals surface area contributed by atoms with Gasteiger partial charge in [-0.2, -0.15) is 0 Å². The fourth-order valence-corrected chi connectivity index (χ4v) is 3.98. The lowest BCUT2D eigenvalue weighted by Gasteiger charge is -2.36. The first-order valence-corrected chi connectivity index (χ1v) is 10.0. The molecule has 0 spiro atoms. The molecule has 5 nitrogen and oxygen atoms in total. The van der Waals surface area contributed by atoms with Crippen LogP contribution < -0.4 is 0 Å². The number of hydrogen-bond acceptors (Lipinski definition) is 3. The Bertz CT molecular complexity index is 823. The number of hydrogen-bond donors (Lipinski definition) is 0.